The normalized spacial score (nSPS) is 14.4. The van der Waals surface area contributed by atoms with Crippen LogP contribution in [0.1, 0.15) is 18.4 Å². The van der Waals surface area contributed by atoms with Crippen molar-refractivity contribution in [2.24, 2.45) is 0 Å². The number of hydrogen-bond acceptors (Lipinski definition) is 2. The molecule has 2 aromatic carbocycles. The Hall–Kier alpha value is -1.80. The summed E-state index contributed by atoms with van der Waals surface area (Å²) in [5.41, 5.74) is 3.85. The molecule has 2 heteroatoms. The summed E-state index contributed by atoms with van der Waals surface area (Å²) in [6, 6.07) is 17.6. The second kappa shape index (κ2) is 5.45. The molecule has 0 atom stereocenters. The van der Waals surface area contributed by atoms with Crippen molar-refractivity contribution in [3.05, 3.63) is 54.1 Å². The molecule has 19 heavy (non-hydrogen) atoms. The predicted molar refractivity (Wildman–Crippen MR) is 78.3 cm³/mol. The Labute approximate surface area is 114 Å². The van der Waals surface area contributed by atoms with Gasteiger partial charge in [0.15, 0.2) is 0 Å². The Morgan fingerprint density at radius 1 is 1.11 bits per heavy atom. The summed E-state index contributed by atoms with van der Waals surface area (Å²) >= 11 is 0. The van der Waals surface area contributed by atoms with Gasteiger partial charge in [-0.05, 0) is 41.7 Å². The van der Waals surface area contributed by atoms with Gasteiger partial charge < -0.3 is 10.1 Å². The molecule has 0 radical (unpaired) electrons. The molecule has 0 heterocycles. The summed E-state index contributed by atoms with van der Waals surface area (Å²) < 4.78 is 5.34. The zero-order valence-electron chi connectivity index (χ0n) is 11.2. The molecule has 1 fully saturated rings. The van der Waals surface area contributed by atoms with Gasteiger partial charge in [0, 0.05) is 12.6 Å². The van der Waals surface area contributed by atoms with Crippen LogP contribution in [0.2, 0.25) is 0 Å². The molecule has 0 aliphatic heterocycles. The molecule has 1 aliphatic rings. The Bertz CT molecular complexity index is 546. The van der Waals surface area contributed by atoms with E-state index in [4.69, 9.17) is 4.74 Å². The van der Waals surface area contributed by atoms with Gasteiger partial charge in [-0.15, -0.1) is 0 Å². The fourth-order valence-corrected chi connectivity index (χ4v) is 2.28. The Balaban J connectivity index is 1.92. The summed E-state index contributed by atoms with van der Waals surface area (Å²) in [5.74, 6) is 0.923. The van der Waals surface area contributed by atoms with Crippen LogP contribution in [0.25, 0.3) is 11.1 Å². The molecule has 1 N–H and O–H groups in total. The summed E-state index contributed by atoms with van der Waals surface area (Å²) in [7, 11) is 1.72. The maximum atomic E-state index is 5.34. The van der Waals surface area contributed by atoms with E-state index in [1.807, 2.05) is 6.07 Å². The second-order valence-electron chi connectivity index (χ2n) is 5.04. The molecule has 0 aromatic heterocycles. The van der Waals surface area contributed by atoms with Gasteiger partial charge in [0.25, 0.3) is 0 Å². The average molecular weight is 253 g/mol. The molecule has 0 spiro atoms. The Kier molecular flexibility index (Phi) is 3.51. The highest BCUT2D eigenvalue weighted by molar-refractivity contribution is 5.68. The van der Waals surface area contributed by atoms with E-state index in [0.29, 0.717) is 0 Å². The van der Waals surface area contributed by atoms with Crippen molar-refractivity contribution in [1.29, 1.82) is 0 Å². The van der Waals surface area contributed by atoms with Crippen molar-refractivity contribution in [1.82, 2.24) is 5.32 Å². The lowest BCUT2D eigenvalue weighted by Crippen LogP contribution is -2.15. The van der Waals surface area contributed by atoms with Gasteiger partial charge in [-0.2, -0.15) is 0 Å². The van der Waals surface area contributed by atoms with E-state index in [2.05, 4.69) is 47.8 Å². The molecule has 0 unspecified atom stereocenters. The van der Waals surface area contributed by atoms with Crippen LogP contribution >= 0.6 is 0 Å². The van der Waals surface area contributed by atoms with Gasteiger partial charge >= 0.3 is 0 Å². The first-order valence-electron chi connectivity index (χ1n) is 6.82. The SMILES string of the molecule is COc1ccc(-c2ccccc2)c(CNC2CC2)c1. The number of hydrogen-bond donors (Lipinski definition) is 1. The monoisotopic (exact) mass is 253 g/mol. The quantitative estimate of drug-likeness (QED) is 0.878. The topological polar surface area (TPSA) is 21.3 Å². The van der Waals surface area contributed by atoms with Crippen LogP contribution in [0.15, 0.2) is 48.5 Å². The second-order valence-corrected chi connectivity index (χ2v) is 5.04. The Morgan fingerprint density at radius 3 is 2.58 bits per heavy atom. The predicted octanol–water partition coefficient (Wildman–Crippen LogP) is 3.61. The zero-order chi connectivity index (χ0) is 13.1. The summed E-state index contributed by atoms with van der Waals surface area (Å²) in [6.07, 6.45) is 2.62. The molecule has 3 rings (SSSR count). The van der Waals surface area contributed by atoms with Gasteiger partial charge in [0.2, 0.25) is 0 Å². The van der Waals surface area contributed by atoms with Crippen LogP contribution in [0.5, 0.6) is 5.75 Å². The third-order valence-corrected chi connectivity index (χ3v) is 3.56. The van der Waals surface area contributed by atoms with Crippen molar-refractivity contribution in [3.8, 4) is 16.9 Å². The molecule has 2 aromatic rings. The molecule has 0 bridgehead atoms. The van der Waals surface area contributed by atoms with Gasteiger partial charge in [0.05, 0.1) is 7.11 Å². The lowest BCUT2D eigenvalue weighted by molar-refractivity contribution is 0.414. The first kappa shape index (κ1) is 12.2. The minimum absolute atomic E-state index is 0.717. The Morgan fingerprint density at radius 2 is 1.89 bits per heavy atom. The number of nitrogens with one attached hydrogen (secondary N) is 1. The lowest BCUT2D eigenvalue weighted by atomic mass is 9.99. The lowest BCUT2D eigenvalue weighted by Gasteiger charge is -2.12. The van der Waals surface area contributed by atoms with Crippen molar-refractivity contribution < 1.29 is 4.74 Å². The average Bonchev–Trinajstić information content (AvgIpc) is 3.30. The summed E-state index contributed by atoms with van der Waals surface area (Å²) in [4.78, 5) is 0. The number of methoxy groups -OCH3 is 1. The van der Waals surface area contributed by atoms with Crippen molar-refractivity contribution in [2.75, 3.05) is 7.11 Å². The van der Waals surface area contributed by atoms with Gasteiger partial charge in [-0.1, -0.05) is 36.4 Å². The fourth-order valence-electron chi connectivity index (χ4n) is 2.28. The third kappa shape index (κ3) is 2.96. The molecular formula is C17H19NO. The van der Waals surface area contributed by atoms with E-state index in [0.717, 1.165) is 18.3 Å². The minimum Gasteiger partial charge on any atom is -0.497 e. The van der Waals surface area contributed by atoms with Gasteiger partial charge in [0.1, 0.15) is 5.75 Å². The smallest absolute Gasteiger partial charge is 0.119 e. The maximum absolute atomic E-state index is 5.34. The van der Waals surface area contributed by atoms with Crippen LogP contribution in [-0.2, 0) is 6.54 Å². The van der Waals surface area contributed by atoms with Gasteiger partial charge in [-0.3, -0.25) is 0 Å². The first-order valence-corrected chi connectivity index (χ1v) is 6.82. The van der Waals surface area contributed by atoms with E-state index >= 15 is 0 Å². The van der Waals surface area contributed by atoms with Crippen LogP contribution in [-0.4, -0.2) is 13.2 Å². The molecule has 0 amide bonds. The molecular weight excluding hydrogens is 234 g/mol. The molecule has 1 aliphatic carbocycles. The highest BCUT2D eigenvalue weighted by Crippen LogP contribution is 2.28. The van der Waals surface area contributed by atoms with E-state index in [1.54, 1.807) is 7.11 Å². The third-order valence-electron chi connectivity index (χ3n) is 3.56. The van der Waals surface area contributed by atoms with E-state index in [9.17, 15) is 0 Å². The van der Waals surface area contributed by atoms with Crippen LogP contribution in [0.3, 0.4) is 0 Å². The highest BCUT2D eigenvalue weighted by Gasteiger charge is 2.20. The summed E-state index contributed by atoms with van der Waals surface area (Å²) in [5, 5.41) is 3.58. The van der Waals surface area contributed by atoms with E-state index < -0.39 is 0 Å². The maximum Gasteiger partial charge on any atom is 0.119 e. The minimum atomic E-state index is 0.717. The van der Waals surface area contributed by atoms with Crippen LogP contribution in [0, 0.1) is 0 Å². The first-order chi connectivity index (χ1) is 9.36. The van der Waals surface area contributed by atoms with Gasteiger partial charge in [-0.25, -0.2) is 0 Å². The van der Waals surface area contributed by atoms with Crippen molar-refractivity contribution >= 4 is 0 Å². The molecule has 98 valence electrons. The number of rotatable bonds is 5. The number of ether oxygens (including phenoxy) is 1. The van der Waals surface area contributed by atoms with Crippen LogP contribution < -0.4 is 10.1 Å². The summed E-state index contributed by atoms with van der Waals surface area (Å²) in [6.45, 7) is 0.909. The van der Waals surface area contributed by atoms with Crippen LogP contribution in [0.4, 0.5) is 0 Å². The standard InChI is InChI=1S/C17H19NO/c1-19-16-9-10-17(13-5-3-2-4-6-13)14(11-16)12-18-15-7-8-15/h2-6,9-11,15,18H,7-8,12H2,1H3. The fraction of sp³-hybridized carbons (Fsp3) is 0.294. The highest BCUT2D eigenvalue weighted by atomic mass is 16.5. The van der Waals surface area contributed by atoms with Crippen molar-refractivity contribution in [2.45, 2.75) is 25.4 Å². The number of benzene rings is 2. The molecule has 1 saturated carbocycles. The largest absolute Gasteiger partial charge is 0.497 e. The van der Waals surface area contributed by atoms with Crippen molar-refractivity contribution in [3.63, 3.8) is 0 Å². The van der Waals surface area contributed by atoms with E-state index in [-0.39, 0.29) is 0 Å². The zero-order valence-corrected chi connectivity index (χ0v) is 11.2. The molecule has 0 saturated heterocycles. The molecule has 2 nitrogen and oxygen atoms in total. The van der Waals surface area contributed by atoms with E-state index in [1.165, 1.54) is 29.5 Å².